The van der Waals surface area contributed by atoms with Gasteiger partial charge in [0.1, 0.15) is 6.04 Å². The van der Waals surface area contributed by atoms with Gasteiger partial charge in [-0.05, 0) is 67.7 Å². The lowest BCUT2D eigenvalue weighted by atomic mass is 10.0. The number of pyridine rings is 2. The highest BCUT2D eigenvalue weighted by atomic mass is 32.1. The molecule has 5 heterocycles. The number of thiocarbonyl (C=S) groups is 1. The largest absolute Gasteiger partial charge is 0.454 e. The van der Waals surface area contributed by atoms with Crippen molar-refractivity contribution in [3.05, 3.63) is 96.3 Å². The number of aryl methyl sites for hydroxylation is 1. The van der Waals surface area contributed by atoms with E-state index in [2.05, 4.69) is 49.9 Å². The maximum atomic E-state index is 5.86. The number of nitrogens with one attached hydrogen (secondary N) is 1. The Labute approximate surface area is 196 Å². The highest BCUT2D eigenvalue weighted by Gasteiger charge is 2.42. The molecule has 164 valence electrons. The molecule has 1 N–H and O–H groups in total. The zero-order valence-corrected chi connectivity index (χ0v) is 18.7. The Morgan fingerprint density at radius 3 is 2.70 bits per heavy atom. The van der Waals surface area contributed by atoms with Crippen LogP contribution in [0.15, 0.2) is 79.3 Å². The first kappa shape index (κ1) is 19.8. The van der Waals surface area contributed by atoms with E-state index in [9.17, 15) is 0 Å². The Morgan fingerprint density at radius 1 is 0.970 bits per heavy atom. The number of benzene rings is 1. The summed E-state index contributed by atoms with van der Waals surface area (Å²) in [6.07, 6.45) is 5.47. The molecule has 6 rings (SSSR count). The van der Waals surface area contributed by atoms with Gasteiger partial charge in [0, 0.05) is 35.5 Å². The van der Waals surface area contributed by atoms with Gasteiger partial charge in [-0.1, -0.05) is 6.07 Å². The molecule has 0 spiro atoms. The molecular formula is C25H21N5O2S. The van der Waals surface area contributed by atoms with E-state index in [1.807, 2.05) is 54.9 Å². The lowest BCUT2D eigenvalue weighted by Gasteiger charge is -2.29. The average Bonchev–Trinajstić information content (AvgIpc) is 3.56. The van der Waals surface area contributed by atoms with Gasteiger partial charge in [-0.3, -0.25) is 9.97 Å². The van der Waals surface area contributed by atoms with Crippen LogP contribution in [0.25, 0.3) is 5.69 Å². The van der Waals surface area contributed by atoms with E-state index in [-0.39, 0.29) is 18.9 Å². The van der Waals surface area contributed by atoms with Gasteiger partial charge < -0.3 is 24.3 Å². The fraction of sp³-hybridized carbons (Fsp3) is 0.160. The molecule has 8 heteroatoms. The van der Waals surface area contributed by atoms with Crippen molar-refractivity contribution in [2.45, 2.75) is 19.0 Å². The second-order valence-corrected chi connectivity index (χ2v) is 8.37. The molecule has 2 aliphatic heterocycles. The number of anilines is 1. The second kappa shape index (κ2) is 7.90. The number of hydrogen-bond acceptors (Lipinski definition) is 5. The predicted molar refractivity (Wildman–Crippen MR) is 129 cm³/mol. The molecule has 33 heavy (non-hydrogen) atoms. The first-order valence-electron chi connectivity index (χ1n) is 10.7. The molecule has 0 bridgehead atoms. The lowest BCUT2D eigenvalue weighted by molar-refractivity contribution is 0.174. The van der Waals surface area contributed by atoms with Gasteiger partial charge in [0.2, 0.25) is 6.79 Å². The van der Waals surface area contributed by atoms with Crippen molar-refractivity contribution in [3.8, 4) is 17.2 Å². The maximum Gasteiger partial charge on any atom is 0.231 e. The third-order valence-corrected chi connectivity index (χ3v) is 6.36. The Bertz CT molecular complexity index is 1330. The smallest absolute Gasteiger partial charge is 0.231 e. The van der Waals surface area contributed by atoms with E-state index < -0.39 is 0 Å². The highest BCUT2D eigenvalue weighted by molar-refractivity contribution is 7.80. The SMILES string of the molecule is Cc1ccc(C2C(c3ccccn3)NC(=S)N2c2ccc3c(c2)OCO3)n1-c1cccnc1. The van der Waals surface area contributed by atoms with Crippen LogP contribution >= 0.6 is 12.2 Å². The lowest BCUT2D eigenvalue weighted by Crippen LogP contribution is -2.30. The molecule has 4 aromatic rings. The first-order valence-corrected chi connectivity index (χ1v) is 11.1. The highest BCUT2D eigenvalue weighted by Crippen LogP contribution is 2.45. The molecule has 1 aromatic carbocycles. The van der Waals surface area contributed by atoms with Crippen LogP contribution in [0.3, 0.4) is 0 Å². The van der Waals surface area contributed by atoms with Gasteiger partial charge in [0.05, 0.1) is 23.6 Å². The molecule has 1 saturated heterocycles. The van der Waals surface area contributed by atoms with Crippen molar-refractivity contribution in [1.82, 2.24) is 19.9 Å². The van der Waals surface area contributed by atoms with Crippen LogP contribution in [-0.2, 0) is 0 Å². The number of nitrogens with zero attached hydrogens (tertiary/aromatic N) is 4. The van der Waals surface area contributed by atoms with Crippen LogP contribution in [0.4, 0.5) is 5.69 Å². The van der Waals surface area contributed by atoms with E-state index in [1.165, 1.54) is 0 Å². The van der Waals surface area contributed by atoms with Gasteiger partial charge in [0.25, 0.3) is 0 Å². The molecule has 7 nitrogen and oxygen atoms in total. The van der Waals surface area contributed by atoms with Crippen molar-refractivity contribution < 1.29 is 9.47 Å². The molecule has 2 aliphatic rings. The van der Waals surface area contributed by atoms with E-state index >= 15 is 0 Å². The van der Waals surface area contributed by atoms with E-state index in [1.54, 1.807) is 6.20 Å². The fourth-order valence-electron chi connectivity index (χ4n) is 4.60. The summed E-state index contributed by atoms with van der Waals surface area (Å²) in [5.74, 6) is 1.46. The summed E-state index contributed by atoms with van der Waals surface area (Å²) in [4.78, 5) is 11.1. The third kappa shape index (κ3) is 3.30. The summed E-state index contributed by atoms with van der Waals surface area (Å²) >= 11 is 5.86. The summed E-state index contributed by atoms with van der Waals surface area (Å²) in [6, 6.07) is 19.9. The molecule has 2 unspecified atom stereocenters. The standard InChI is InChI=1S/C25H21N5O2S/c1-16-7-9-20(29(16)18-5-4-11-26-14-18)24-23(19-6-2-3-12-27-19)28-25(33)30(24)17-8-10-21-22(13-17)32-15-31-21/h2-14,23-24H,15H2,1H3,(H,28,33). The van der Waals surface area contributed by atoms with Crippen LogP contribution in [0, 0.1) is 6.92 Å². The summed E-state index contributed by atoms with van der Waals surface area (Å²) < 4.78 is 13.4. The van der Waals surface area contributed by atoms with Crippen molar-refractivity contribution >= 4 is 23.0 Å². The van der Waals surface area contributed by atoms with Gasteiger partial charge in [-0.15, -0.1) is 0 Å². The minimum Gasteiger partial charge on any atom is -0.454 e. The average molecular weight is 456 g/mol. The normalized spacial score (nSPS) is 19.1. The first-order chi connectivity index (χ1) is 16.2. The van der Waals surface area contributed by atoms with Crippen LogP contribution in [0.5, 0.6) is 11.5 Å². The molecule has 1 fully saturated rings. The van der Waals surface area contributed by atoms with Crippen molar-refractivity contribution in [2.24, 2.45) is 0 Å². The van der Waals surface area contributed by atoms with E-state index in [0.717, 1.165) is 34.2 Å². The van der Waals surface area contributed by atoms with Gasteiger partial charge in [0.15, 0.2) is 16.6 Å². The molecule has 2 atom stereocenters. The number of ether oxygens (including phenoxy) is 2. The third-order valence-electron chi connectivity index (χ3n) is 6.05. The van der Waals surface area contributed by atoms with Crippen LogP contribution < -0.4 is 19.7 Å². The fourth-order valence-corrected chi connectivity index (χ4v) is 4.94. The number of rotatable bonds is 4. The number of hydrogen-bond donors (Lipinski definition) is 1. The second-order valence-electron chi connectivity index (χ2n) is 7.98. The summed E-state index contributed by atoms with van der Waals surface area (Å²) in [5, 5.41) is 4.15. The Hall–Kier alpha value is -3.91. The minimum atomic E-state index is -0.151. The Balaban J connectivity index is 1.53. The number of aromatic nitrogens is 3. The molecular weight excluding hydrogens is 434 g/mol. The van der Waals surface area contributed by atoms with Crippen LogP contribution in [0.2, 0.25) is 0 Å². The maximum absolute atomic E-state index is 5.86. The molecule has 0 aliphatic carbocycles. The molecule has 0 saturated carbocycles. The summed E-state index contributed by atoms with van der Waals surface area (Å²) in [5.41, 5.74) is 5.04. The van der Waals surface area contributed by atoms with Gasteiger partial charge in [-0.2, -0.15) is 0 Å². The van der Waals surface area contributed by atoms with Crippen LogP contribution in [0.1, 0.15) is 29.2 Å². The molecule has 0 radical (unpaired) electrons. The zero-order chi connectivity index (χ0) is 22.4. The topological polar surface area (TPSA) is 64.4 Å². The van der Waals surface area contributed by atoms with Crippen molar-refractivity contribution in [1.29, 1.82) is 0 Å². The quantitative estimate of drug-likeness (QED) is 0.455. The van der Waals surface area contributed by atoms with E-state index in [0.29, 0.717) is 10.9 Å². The predicted octanol–water partition coefficient (Wildman–Crippen LogP) is 4.48. The van der Waals surface area contributed by atoms with Gasteiger partial charge >= 0.3 is 0 Å². The summed E-state index contributed by atoms with van der Waals surface area (Å²) in [6.45, 7) is 2.32. The Morgan fingerprint density at radius 2 is 1.88 bits per heavy atom. The zero-order valence-electron chi connectivity index (χ0n) is 17.9. The van der Waals surface area contributed by atoms with Crippen molar-refractivity contribution in [3.63, 3.8) is 0 Å². The van der Waals surface area contributed by atoms with Gasteiger partial charge in [-0.25, -0.2) is 0 Å². The Kier molecular flexibility index (Phi) is 4.73. The minimum absolute atomic E-state index is 0.145. The van der Waals surface area contributed by atoms with Crippen LogP contribution in [-0.4, -0.2) is 26.4 Å². The van der Waals surface area contributed by atoms with Crippen molar-refractivity contribution in [2.75, 3.05) is 11.7 Å². The van der Waals surface area contributed by atoms with E-state index in [4.69, 9.17) is 21.7 Å². The molecule has 3 aromatic heterocycles. The number of fused-ring (bicyclic) bond motifs is 1. The molecule has 0 amide bonds. The monoisotopic (exact) mass is 455 g/mol. The summed E-state index contributed by atoms with van der Waals surface area (Å²) in [7, 11) is 0.